The van der Waals surface area contributed by atoms with Gasteiger partial charge in [-0.3, -0.25) is 0 Å². The molecule has 1 aliphatic heterocycles. The van der Waals surface area contributed by atoms with Gasteiger partial charge in [-0.2, -0.15) is 0 Å². The molecule has 5 heteroatoms. The molecule has 1 atom stereocenters. The zero-order valence-electron chi connectivity index (χ0n) is 8.36. The summed E-state index contributed by atoms with van der Waals surface area (Å²) in [5, 5.41) is 9.50. The molecule has 1 unspecified atom stereocenters. The van der Waals surface area contributed by atoms with Gasteiger partial charge in [0, 0.05) is 32.3 Å². The standard InChI is InChI=1S/C10H12BrNO3/c1-14-10(2-3-15-6-10)8-4-7(13)5-9(11)12-8/h4-5H,2-3,6H2,1H3,(H,12,13). The topological polar surface area (TPSA) is 51.6 Å². The van der Waals surface area contributed by atoms with Crippen LogP contribution in [0, 0.1) is 0 Å². The maximum absolute atomic E-state index is 9.50. The van der Waals surface area contributed by atoms with Gasteiger partial charge in [0.05, 0.1) is 12.3 Å². The smallest absolute Gasteiger partial charge is 0.135 e. The first kappa shape index (κ1) is 10.9. The van der Waals surface area contributed by atoms with E-state index in [9.17, 15) is 5.11 Å². The number of methoxy groups -OCH3 is 1. The van der Waals surface area contributed by atoms with Gasteiger partial charge < -0.3 is 14.6 Å². The van der Waals surface area contributed by atoms with Crippen LogP contribution >= 0.6 is 15.9 Å². The molecule has 1 saturated heterocycles. The van der Waals surface area contributed by atoms with Crippen LogP contribution in [0.5, 0.6) is 5.75 Å². The van der Waals surface area contributed by atoms with E-state index in [-0.39, 0.29) is 5.75 Å². The van der Waals surface area contributed by atoms with Crippen molar-refractivity contribution in [2.75, 3.05) is 20.3 Å². The number of ether oxygens (including phenoxy) is 2. The highest BCUT2D eigenvalue weighted by atomic mass is 79.9. The second-order valence-corrected chi connectivity index (χ2v) is 4.35. The molecule has 1 fully saturated rings. The molecule has 0 radical (unpaired) electrons. The Balaban J connectivity index is 2.42. The van der Waals surface area contributed by atoms with E-state index < -0.39 is 5.60 Å². The Morgan fingerprint density at radius 1 is 1.60 bits per heavy atom. The van der Waals surface area contributed by atoms with Crippen LogP contribution in [0.2, 0.25) is 0 Å². The first-order valence-corrected chi connectivity index (χ1v) is 5.45. The summed E-state index contributed by atoms with van der Waals surface area (Å²) < 4.78 is 11.4. The fraction of sp³-hybridized carbons (Fsp3) is 0.500. The molecule has 2 heterocycles. The second-order valence-electron chi connectivity index (χ2n) is 3.53. The van der Waals surface area contributed by atoms with E-state index in [1.165, 1.54) is 0 Å². The first-order chi connectivity index (χ1) is 7.16. The molecule has 15 heavy (non-hydrogen) atoms. The van der Waals surface area contributed by atoms with E-state index >= 15 is 0 Å². The van der Waals surface area contributed by atoms with Gasteiger partial charge in [-0.1, -0.05) is 0 Å². The largest absolute Gasteiger partial charge is 0.508 e. The summed E-state index contributed by atoms with van der Waals surface area (Å²) in [5.41, 5.74) is 0.190. The Hall–Kier alpha value is -0.650. The Labute approximate surface area is 96.4 Å². The molecule has 2 rings (SSSR count). The number of nitrogens with zero attached hydrogens (tertiary/aromatic N) is 1. The highest BCUT2D eigenvalue weighted by Crippen LogP contribution is 2.34. The highest BCUT2D eigenvalue weighted by molar-refractivity contribution is 9.10. The predicted octanol–water partition coefficient (Wildman–Crippen LogP) is 1.81. The van der Waals surface area contributed by atoms with E-state index in [0.29, 0.717) is 23.5 Å². The summed E-state index contributed by atoms with van der Waals surface area (Å²) >= 11 is 3.25. The number of halogens is 1. The minimum atomic E-state index is -0.513. The third-order valence-corrected chi connectivity index (χ3v) is 3.03. The molecule has 1 N–H and O–H groups in total. The van der Waals surface area contributed by atoms with E-state index in [0.717, 1.165) is 6.42 Å². The lowest BCUT2D eigenvalue weighted by Gasteiger charge is -2.25. The Bertz CT molecular complexity index is 343. The van der Waals surface area contributed by atoms with Crippen LogP contribution in [0.3, 0.4) is 0 Å². The van der Waals surface area contributed by atoms with Crippen LogP contribution < -0.4 is 0 Å². The summed E-state index contributed by atoms with van der Waals surface area (Å²) in [6.07, 6.45) is 0.756. The number of rotatable bonds is 2. The normalized spacial score (nSPS) is 25.7. The van der Waals surface area contributed by atoms with Crippen molar-refractivity contribution in [3.8, 4) is 5.75 Å². The van der Waals surface area contributed by atoms with Gasteiger partial charge in [0.25, 0.3) is 0 Å². The fourth-order valence-electron chi connectivity index (χ4n) is 1.73. The number of hydrogen-bond donors (Lipinski definition) is 1. The molecule has 0 aromatic carbocycles. The van der Waals surface area contributed by atoms with Crippen LogP contribution in [0.15, 0.2) is 16.7 Å². The van der Waals surface area contributed by atoms with Crippen LogP contribution in [-0.4, -0.2) is 30.4 Å². The van der Waals surface area contributed by atoms with Gasteiger partial charge in [-0.05, 0) is 15.9 Å². The monoisotopic (exact) mass is 273 g/mol. The molecule has 4 nitrogen and oxygen atoms in total. The molecule has 0 amide bonds. The van der Waals surface area contributed by atoms with E-state index in [2.05, 4.69) is 20.9 Å². The summed E-state index contributed by atoms with van der Waals surface area (Å²) in [6.45, 7) is 1.13. The highest BCUT2D eigenvalue weighted by Gasteiger charge is 2.38. The Morgan fingerprint density at radius 2 is 2.40 bits per heavy atom. The van der Waals surface area contributed by atoms with Gasteiger partial charge in [0.1, 0.15) is 16.0 Å². The first-order valence-electron chi connectivity index (χ1n) is 4.66. The number of aromatic nitrogens is 1. The molecule has 0 saturated carbocycles. The van der Waals surface area contributed by atoms with Gasteiger partial charge in [0.15, 0.2) is 0 Å². The quantitative estimate of drug-likeness (QED) is 0.836. The zero-order chi connectivity index (χ0) is 10.9. The predicted molar refractivity (Wildman–Crippen MR) is 57.7 cm³/mol. The average molecular weight is 274 g/mol. The van der Waals surface area contributed by atoms with Crippen molar-refractivity contribution in [1.82, 2.24) is 4.98 Å². The zero-order valence-corrected chi connectivity index (χ0v) is 9.95. The van der Waals surface area contributed by atoms with Gasteiger partial charge in [-0.15, -0.1) is 0 Å². The summed E-state index contributed by atoms with van der Waals surface area (Å²) in [5.74, 6) is 0.176. The van der Waals surface area contributed by atoms with Gasteiger partial charge in [0.2, 0.25) is 0 Å². The number of hydrogen-bond acceptors (Lipinski definition) is 4. The van der Waals surface area contributed by atoms with E-state index in [1.54, 1.807) is 19.2 Å². The Kier molecular flexibility index (Phi) is 2.95. The number of aromatic hydroxyl groups is 1. The summed E-state index contributed by atoms with van der Waals surface area (Å²) in [6, 6.07) is 3.16. The van der Waals surface area contributed by atoms with Gasteiger partial charge in [-0.25, -0.2) is 4.98 Å². The van der Waals surface area contributed by atoms with Crippen molar-refractivity contribution in [1.29, 1.82) is 0 Å². The van der Waals surface area contributed by atoms with E-state index in [4.69, 9.17) is 9.47 Å². The average Bonchev–Trinajstić information content (AvgIpc) is 2.65. The molecule has 1 aliphatic rings. The molecular weight excluding hydrogens is 262 g/mol. The van der Waals surface area contributed by atoms with Crippen LogP contribution in [0.25, 0.3) is 0 Å². The van der Waals surface area contributed by atoms with Crippen LogP contribution in [0.4, 0.5) is 0 Å². The Morgan fingerprint density at radius 3 is 2.93 bits per heavy atom. The molecule has 0 spiro atoms. The minimum Gasteiger partial charge on any atom is -0.508 e. The molecule has 0 bridgehead atoms. The molecule has 1 aromatic heterocycles. The van der Waals surface area contributed by atoms with Crippen molar-refractivity contribution in [3.05, 3.63) is 22.4 Å². The van der Waals surface area contributed by atoms with Crippen LogP contribution in [-0.2, 0) is 15.1 Å². The third kappa shape index (κ3) is 2.00. The lowest BCUT2D eigenvalue weighted by atomic mass is 9.98. The summed E-state index contributed by atoms with van der Waals surface area (Å²) in [7, 11) is 1.63. The maximum Gasteiger partial charge on any atom is 0.135 e. The number of pyridine rings is 1. The minimum absolute atomic E-state index is 0.176. The van der Waals surface area contributed by atoms with Crippen molar-refractivity contribution < 1.29 is 14.6 Å². The SMILES string of the molecule is COC1(c2cc(O)cc(Br)n2)CCOC1. The van der Waals surface area contributed by atoms with Crippen LogP contribution in [0.1, 0.15) is 12.1 Å². The molecule has 1 aromatic rings. The van der Waals surface area contributed by atoms with E-state index in [1.807, 2.05) is 0 Å². The van der Waals surface area contributed by atoms with Crippen molar-refractivity contribution >= 4 is 15.9 Å². The lowest BCUT2D eigenvalue weighted by Crippen LogP contribution is -2.29. The van der Waals surface area contributed by atoms with Crippen molar-refractivity contribution in [2.24, 2.45) is 0 Å². The maximum atomic E-state index is 9.50. The lowest BCUT2D eigenvalue weighted by molar-refractivity contribution is -0.0248. The second kappa shape index (κ2) is 4.08. The van der Waals surface area contributed by atoms with Crippen molar-refractivity contribution in [2.45, 2.75) is 12.0 Å². The summed E-state index contributed by atoms with van der Waals surface area (Å²) in [4.78, 5) is 4.31. The third-order valence-electron chi connectivity index (χ3n) is 2.62. The fourth-order valence-corrected chi connectivity index (χ4v) is 2.16. The molecule has 82 valence electrons. The molecule has 0 aliphatic carbocycles. The van der Waals surface area contributed by atoms with Crippen molar-refractivity contribution in [3.63, 3.8) is 0 Å². The molecular formula is C10H12BrNO3. The van der Waals surface area contributed by atoms with Gasteiger partial charge >= 0.3 is 0 Å².